The van der Waals surface area contributed by atoms with Crippen molar-refractivity contribution in [2.24, 2.45) is 0 Å². The maximum Gasteiger partial charge on any atom is 0.220 e. The van der Waals surface area contributed by atoms with Crippen molar-refractivity contribution >= 4 is 16.9 Å². The summed E-state index contributed by atoms with van der Waals surface area (Å²) in [5.41, 5.74) is 3.16. The first-order chi connectivity index (χ1) is 11.1. The molecule has 0 aliphatic carbocycles. The molecule has 2 heterocycles. The monoisotopic (exact) mass is 314 g/mol. The summed E-state index contributed by atoms with van der Waals surface area (Å²) in [5, 5.41) is 2.98. The Morgan fingerprint density at radius 3 is 3.09 bits per heavy atom. The molecule has 5 nitrogen and oxygen atoms in total. The van der Waals surface area contributed by atoms with Crippen LogP contribution in [-0.2, 0) is 11.3 Å². The lowest BCUT2D eigenvalue weighted by Crippen LogP contribution is -2.37. The number of amides is 1. The molecule has 3 rings (SSSR count). The van der Waals surface area contributed by atoms with Gasteiger partial charge in [0.25, 0.3) is 0 Å². The minimum Gasteiger partial charge on any atom is -0.349 e. The summed E-state index contributed by atoms with van der Waals surface area (Å²) in [7, 11) is 2.17. The Bertz CT molecular complexity index is 679. The number of aromatic amines is 1. The van der Waals surface area contributed by atoms with Crippen LogP contribution >= 0.6 is 0 Å². The van der Waals surface area contributed by atoms with Crippen molar-refractivity contribution in [3.05, 3.63) is 29.6 Å². The molecule has 2 aromatic rings. The number of aryl methyl sites for hydroxylation is 1. The van der Waals surface area contributed by atoms with Crippen molar-refractivity contribution in [1.29, 1.82) is 0 Å². The summed E-state index contributed by atoms with van der Waals surface area (Å²) in [6.45, 7) is 3.67. The van der Waals surface area contributed by atoms with Crippen molar-refractivity contribution in [3.8, 4) is 0 Å². The van der Waals surface area contributed by atoms with Crippen LogP contribution in [0.1, 0.15) is 43.5 Å². The Labute approximate surface area is 137 Å². The van der Waals surface area contributed by atoms with Crippen LogP contribution in [-0.4, -0.2) is 40.4 Å². The number of aromatic nitrogens is 2. The lowest BCUT2D eigenvalue weighted by atomic mass is 9.98. The van der Waals surface area contributed by atoms with Gasteiger partial charge in [0.1, 0.15) is 5.82 Å². The molecule has 1 fully saturated rings. The molecule has 1 unspecified atom stereocenters. The average Bonchev–Trinajstić information content (AvgIpc) is 2.97. The smallest absolute Gasteiger partial charge is 0.220 e. The van der Waals surface area contributed by atoms with Gasteiger partial charge in [-0.25, -0.2) is 4.98 Å². The Kier molecular flexibility index (Phi) is 4.96. The standard InChI is InChI=1S/C18H26N4O/c1-13-6-5-8-15-18(13)21-16(20-15)12-19-17(23)10-9-14-7-3-4-11-22(14)2/h5-6,8,14H,3-4,7,9-12H2,1-2H3,(H,19,23)(H,20,21). The number of hydrogen-bond acceptors (Lipinski definition) is 3. The first-order valence-corrected chi connectivity index (χ1v) is 8.54. The lowest BCUT2D eigenvalue weighted by Gasteiger charge is -2.32. The molecule has 1 aromatic heterocycles. The summed E-state index contributed by atoms with van der Waals surface area (Å²) in [5.74, 6) is 0.929. The molecule has 1 saturated heterocycles. The highest BCUT2D eigenvalue weighted by Crippen LogP contribution is 2.19. The molecule has 1 aliphatic heterocycles. The third kappa shape index (κ3) is 3.91. The normalized spacial score (nSPS) is 19.1. The van der Waals surface area contributed by atoms with E-state index in [1.165, 1.54) is 19.3 Å². The van der Waals surface area contributed by atoms with Crippen molar-refractivity contribution in [3.63, 3.8) is 0 Å². The van der Waals surface area contributed by atoms with Gasteiger partial charge < -0.3 is 15.2 Å². The van der Waals surface area contributed by atoms with Crippen LogP contribution in [0.3, 0.4) is 0 Å². The van der Waals surface area contributed by atoms with E-state index in [9.17, 15) is 4.79 Å². The van der Waals surface area contributed by atoms with Gasteiger partial charge >= 0.3 is 0 Å². The van der Waals surface area contributed by atoms with Gasteiger partial charge in [0.05, 0.1) is 17.6 Å². The molecule has 5 heteroatoms. The first-order valence-electron chi connectivity index (χ1n) is 8.54. The number of benzene rings is 1. The summed E-state index contributed by atoms with van der Waals surface area (Å²) >= 11 is 0. The van der Waals surface area contributed by atoms with E-state index in [0.29, 0.717) is 19.0 Å². The number of carbonyl (C=O) groups excluding carboxylic acids is 1. The summed E-state index contributed by atoms with van der Waals surface area (Å²) in [6.07, 6.45) is 5.32. The van der Waals surface area contributed by atoms with Crippen LogP contribution in [0.15, 0.2) is 18.2 Å². The second-order valence-corrected chi connectivity index (χ2v) is 6.60. The van der Waals surface area contributed by atoms with E-state index in [-0.39, 0.29) is 5.91 Å². The van der Waals surface area contributed by atoms with E-state index < -0.39 is 0 Å². The Morgan fingerprint density at radius 1 is 1.43 bits per heavy atom. The maximum absolute atomic E-state index is 12.1. The minimum atomic E-state index is 0.112. The number of para-hydroxylation sites is 1. The number of nitrogens with one attached hydrogen (secondary N) is 2. The van der Waals surface area contributed by atoms with Gasteiger partial charge in [0, 0.05) is 12.5 Å². The molecule has 124 valence electrons. The highest BCUT2D eigenvalue weighted by atomic mass is 16.1. The number of piperidine rings is 1. The Hall–Kier alpha value is -1.88. The molecule has 1 atom stereocenters. The second-order valence-electron chi connectivity index (χ2n) is 6.60. The summed E-state index contributed by atoms with van der Waals surface area (Å²) in [4.78, 5) is 22.3. The number of likely N-dealkylation sites (tertiary alicyclic amines) is 1. The SMILES string of the molecule is Cc1cccc2[nH]c(CNC(=O)CCC3CCCCN3C)nc12. The zero-order valence-corrected chi connectivity index (χ0v) is 14.1. The molecular weight excluding hydrogens is 288 g/mol. The van der Waals surface area contributed by atoms with E-state index >= 15 is 0 Å². The lowest BCUT2D eigenvalue weighted by molar-refractivity contribution is -0.121. The number of H-pyrrole nitrogens is 1. The Balaban J connectivity index is 1.49. The van der Waals surface area contributed by atoms with Gasteiger partial charge in [0.2, 0.25) is 5.91 Å². The molecule has 1 aliphatic rings. The van der Waals surface area contributed by atoms with E-state index in [1.807, 2.05) is 25.1 Å². The topological polar surface area (TPSA) is 61.0 Å². The maximum atomic E-state index is 12.1. The molecule has 0 spiro atoms. The molecule has 0 bridgehead atoms. The highest BCUT2D eigenvalue weighted by molar-refractivity contribution is 5.79. The van der Waals surface area contributed by atoms with Crippen molar-refractivity contribution in [2.75, 3.05) is 13.6 Å². The van der Waals surface area contributed by atoms with E-state index in [4.69, 9.17) is 0 Å². The van der Waals surface area contributed by atoms with Crippen molar-refractivity contribution in [1.82, 2.24) is 20.2 Å². The van der Waals surface area contributed by atoms with Gasteiger partial charge in [-0.1, -0.05) is 18.6 Å². The Morgan fingerprint density at radius 2 is 2.30 bits per heavy atom. The predicted octanol–water partition coefficient (Wildman–Crippen LogP) is 2.75. The number of fused-ring (bicyclic) bond motifs is 1. The molecule has 23 heavy (non-hydrogen) atoms. The predicted molar refractivity (Wildman–Crippen MR) is 92.2 cm³/mol. The van der Waals surface area contributed by atoms with Crippen LogP contribution < -0.4 is 5.32 Å². The molecule has 1 amide bonds. The summed E-state index contributed by atoms with van der Waals surface area (Å²) < 4.78 is 0. The molecular formula is C18H26N4O. The zero-order chi connectivity index (χ0) is 16.2. The van der Waals surface area contributed by atoms with Gasteiger partial charge in [-0.3, -0.25) is 4.79 Å². The number of rotatable bonds is 5. The molecule has 0 radical (unpaired) electrons. The van der Waals surface area contributed by atoms with Crippen LogP contribution in [0.25, 0.3) is 11.0 Å². The fourth-order valence-electron chi connectivity index (χ4n) is 3.39. The third-order valence-electron chi connectivity index (χ3n) is 4.84. The van der Waals surface area contributed by atoms with E-state index in [1.54, 1.807) is 0 Å². The second kappa shape index (κ2) is 7.13. The molecule has 0 saturated carbocycles. The first kappa shape index (κ1) is 16.0. The van der Waals surface area contributed by atoms with Gasteiger partial charge in [-0.15, -0.1) is 0 Å². The average molecular weight is 314 g/mol. The number of nitrogens with zero attached hydrogens (tertiary/aromatic N) is 2. The third-order valence-corrected chi connectivity index (χ3v) is 4.84. The van der Waals surface area contributed by atoms with Crippen LogP contribution in [0.4, 0.5) is 0 Å². The fourth-order valence-corrected chi connectivity index (χ4v) is 3.39. The number of carbonyl (C=O) groups is 1. The van der Waals surface area contributed by atoms with E-state index in [0.717, 1.165) is 35.4 Å². The quantitative estimate of drug-likeness (QED) is 0.892. The van der Waals surface area contributed by atoms with Crippen LogP contribution in [0.5, 0.6) is 0 Å². The van der Waals surface area contributed by atoms with Crippen LogP contribution in [0.2, 0.25) is 0 Å². The van der Waals surface area contributed by atoms with Gasteiger partial charge in [-0.05, 0) is 51.4 Å². The molecule has 2 N–H and O–H groups in total. The number of imidazole rings is 1. The van der Waals surface area contributed by atoms with Crippen molar-refractivity contribution in [2.45, 2.75) is 51.6 Å². The van der Waals surface area contributed by atoms with Gasteiger partial charge in [-0.2, -0.15) is 0 Å². The highest BCUT2D eigenvalue weighted by Gasteiger charge is 2.19. The van der Waals surface area contributed by atoms with Crippen LogP contribution in [0, 0.1) is 6.92 Å². The fraction of sp³-hybridized carbons (Fsp3) is 0.556. The largest absolute Gasteiger partial charge is 0.349 e. The summed E-state index contributed by atoms with van der Waals surface area (Å²) in [6, 6.07) is 6.63. The van der Waals surface area contributed by atoms with Gasteiger partial charge in [0.15, 0.2) is 0 Å². The minimum absolute atomic E-state index is 0.112. The number of hydrogen-bond donors (Lipinski definition) is 2. The zero-order valence-electron chi connectivity index (χ0n) is 14.1. The van der Waals surface area contributed by atoms with Crippen molar-refractivity contribution < 1.29 is 4.79 Å². The molecule has 1 aromatic carbocycles. The van der Waals surface area contributed by atoms with E-state index in [2.05, 4.69) is 27.2 Å².